The summed E-state index contributed by atoms with van der Waals surface area (Å²) in [5, 5.41) is 9.43. The number of likely N-dealkylation sites (N-methyl/N-ethyl adjacent to an activating group) is 1. The monoisotopic (exact) mass is 803 g/mol. The lowest BCUT2D eigenvalue weighted by atomic mass is 9.97. The van der Waals surface area contributed by atoms with Gasteiger partial charge in [0.25, 0.3) is 0 Å². The van der Waals surface area contributed by atoms with Crippen LogP contribution in [0.4, 0.5) is 0 Å². The van der Waals surface area contributed by atoms with Gasteiger partial charge in [0.2, 0.25) is 0 Å². The van der Waals surface area contributed by atoms with Gasteiger partial charge in [0.1, 0.15) is 43.7 Å². The van der Waals surface area contributed by atoms with E-state index in [4.69, 9.17) is 33.5 Å². The number of nitrogens with zero attached hydrogens (tertiary/aromatic N) is 1. The first kappa shape index (κ1) is 42.1. The van der Waals surface area contributed by atoms with E-state index in [0.29, 0.717) is 63.1 Å². The van der Waals surface area contributed by atoms with Gasteiger partial charge >= 0.3 is 5.97 Å². The van der Waals surface area contributed by atoms with Crippen LogP contribution in [-0.2, 0) is 32.2 Å². The van der Waals surface area contributed by atoms with Crippen molar-refractivity contribution in [3.8, 4) is 27.7 Å². The molecule has 0 fully saturated rings. The van der Waals surface area contributed by atoms with E-state index in [0.717, 1.165) is 62.7 Å². The summed E-state index contributed by atoms with van der Waals surface area (Å²) in [6, 6.07) is 41.3. The van der Waals surface area contributed by atoms with E-state index < -0.39 is 5.97 Å². The van der Waals surface area contributed by atoms with Crippen LogP contribution in [0.1, 0.15) is 33.5 Å². The summed E-state index contributed by atoms with van der Waals surface area (Å²) in [7, 11) is 2.04. The maximum Gasteiger partial charge on any atom is 0.329 e. The first-order chi connectivity index (χ1) is 28.4. The zero-order valence-corrected chi connectivity index (χ0v) is 33.5. The number of carbonyl (C=O) groups excluding carboxylic acids is 1. The van der Waals surface area contributed by atoms with Crippen LogP contribution < -0.4 is 14.2 Å². The number of fused-ring (bicyclic) bond motifs is 1. The summed E-state index contributed by atoms with van der Waals surface area (Å²) in [6.07, 6.45) is 0.864. The molecule has 0 aliphatic carbocycles. The van der Waals surface area contributed by atoms with Gasteiger partial charge in [0.05, 0.1) is 26.4 Å². The van der Waals surface area contributed by atoms with Crippen molar-refractivity contribution in [3.05, 3.63) is 150 Å². The highest BCUT2D eigenvalue weighted by molar-refractivity contribution is 7.22. The van der Waals surface area contributed by atoms with Crippen molar-refractivity contribution < 1.29 is 43.1 Å². The van der Waals surface area contributed by atoms with Crippen LogP contribution >= 0.6 is 11.3 Å². The van der Waals surface area contributed by atoms with Gasteiger partial charge < -0.3 is 38.4 Å². The van der Waals surface area contributed by atoms with Crippen molar-refractivity contribution in [3.63, 3.8) is 0 Å². The van der Waals surface area contributed by atoms with Gasteiger partial charge in [0.15, 0.2) is 5.78 Å². The molecule has 5 aromatic carbocycles. The van der Waals surface area contributed by atoms with Crippen LogP contribution in [0, 0.1) is 0 Å². The zero-order valence-electron chi connectivity index (χ0n) is 32.7. The van der Waals surface area contributed by atoms with Gasteiger partial charge in [-0.2, -0.15) is 0 Å². The number of carboxylic acids is 1. The van der Waals surface area contributed by atoms with Gasteiger partial charge in [-0.05, 0) is 96.9 Å². The molecular formula is C47H49NO9S. The van der Waals surface area contributed by atoms with Gasteiger partial charge in [0, 0.05) is 45.8 Å². The minimum Gasteiger partial charge on any atom is -0.492 e. The number of benzene rings is 5. The molecule has 6 aromatic rings. The molecule has 1 aromatic heterocycles. The molecule has 0 saturated heterocycles. The van der Waals surface area contributed by atoms with Crippen molar-refractivity contribution >= 4 is 33.2 Å². The Balaban J connectivity index is 1.04. The molecule has 0 saturated carbocycles. The molecule has 0 radical (unpaired) electrons. The molecule has 1 heterocycles. The molecule has 6 rings (SSSR count). The first-order valence-electron chi connectivity index (χ1n) is 19.3. The number of rotatable bonds is 25. The molecule has 0 atom stereocenters. The lowest BCUT2D eigenvalue weighted by Crippen LogP contribution is -2.26. The highest BCUT2D eigenvalue weighted by atomic mass is 32.1. The van der Waals surface area contributed by atoms with Crippen molar-refractivity contribution in [2.24, 2.45) is 0 Å². The van der Waals surface area contributed by atoms with Crippen molar-refractivity contribution in [1.29, 1.82) is 0 Å². The van der Waals surface area contributed by atoms with Crippen molar-refractivity contribution in [1.82, 2.24) is 4.90 Å². The third-order valence-electron chi connectivity index (χ3n) is 9.16. The van der Waals surface area contributed by atoms with Crippen LogP contribution in [0.25, 0.3) is 20.5 Å². The number of aliphatic carboxylic acids is 1. The third kappa shape index (κ3) is 13.0. The fourth-order valence-corrected chi connectivity index (χ4v) is 7.33. The van der Waals surface area contributed by atoms with Gasteiger partial charge in [-0.1, -0.05) is 60.7 Å². The Morgan fingerprint density at radius 1 is 0.603 bits per heavy atom. The van der Waals surface area contributed by atoms with E-state index in [1.165, 1.54) is 0 Å². The van der Waals surface area contributed by atoms with E-state index in [9.17, 15) is 9.59 Å². The fourth-order valence-electron chi connectivity index (χ4n) is 6.09. The molecule has 0 spiro atoms. The van der Waals surface area contributed by atoms with E-state index >= 15 is 0 Å². The number of ketones is 1. The van der Waals surface area contributed by atoms with E-state index in [1.54, 1.807) is 11.3 Å². The normalized spacial score (nSPS) is 11.2. The molecule has 302 valence electrons. The number of hydrogen-bond donors (Lipinski definition) is 1. The number of thiophene rings is 1. The number of ether oxygens (including phenoxy) is 6. The summed E-state index contributed by atoms with van der Waals surface area (Å²) >= 11 is 1.58. The van der Waals surface area contributed by atoms with Crippen molar-refractivity contribution in [2.45, 2.75) is 19.6 Å². The Morgan fingerprint density at radius 2 is 1.17 bits per heavy atom. The number of hydrogen-bond acceptors (Lipinski definition) is 10. The topological polar surface area (TPSA) is 113 Å². The minimum absolute atomic E-state index is 0.0616. The second-order valence-corrected chi connectivity index (χ2v) is 14.6. The largest absolute Gasteiger partial charge is 0.492 e. The maximum atomic E-state index is 14.4. The molecule has 58 heavy (non-hydrogen) atoms. The number of carbonyl (C=O) groups is 2. The summed E-state index contributed by atoms with van der Waals surface area (Å²) in [5.74, 6) is 1.14. The predicted molar refractivity (Wildman–Crippen MR) is 226 cm³/mol. The summed E-state index contributed by atoms with van der Waals surface area (Å²) in [6.45, 7) is 4.78. The maximum absolute atomic E-state index is 14.4. The van der Waals surface area contributed by atoms with Crippen molar-refractivity contribution in [2.75, 3.05) is 66.4 Å². The minimum atomic E-state index is -0.994. The smallest absolute Gasteiger partial charge is 0.329 e. The standard InChI is InChI=1S/C47H49NO9S/c1-48(23-8-25-52-27-28-53-29-30-54-34-44(49)50)24-26-55-39-17-13-37(14-18-39)46(51)45-42-22-21-41(57-33-36-11-6-3-7-12-36)31-43(42)58-47(45)38-15-19-40(20-16-38)56-32-35-9-4-2-5-10-35/h2-7,9-22,31H,8,23-30,32-34H2,1H3,(H,49,50). The summed E-state index contributed by atoms with van der Waals surface area (Å²) in [5.41, 5.74) is 4.35. The summed E-state index contributed by atoms with van der Waals surface area (Å²) in [4.78, 5) is 27.9. The Bertz CT molecular complexity index is 2160. The SMILES string of the molecule is CN(CCCOCCOCCOCC(=O)O)CCOc1ccc(C(=O)c2c(-c3ccc(OCc4ccccc4)cc3)sc3cc(OCc4ccccc4)ccc23)cc1. The molecule has 0 bridgehead atoms. The Labute approximate surface area is 343 Å². The van der Waals surface area contributed by atoms with Crippen LogP contribution in [0.5, 0.6) is 17.2 Å². The second kappa shape index (κ2) is 22.4. The average molecular weight is 804 g/mol. The molecule has 0 aliphatic rings. The van der Waals surface area contributed by atoms with Crippen LogP contribution in [0.15, 0.2) is 127 Å². The van der Waals surface area contributed by atoms with E-state index in [-0.39, 0.29) is 19.0 Å². The van der Waals surface area contributed by atoms with Crippen LogP contribution in [0.3, 0.4) is 0 Å². The molecule has 0 amide bonds. The highest BCUT2D eigenvalue weighted by Gasteiger charge is 2.22. The van der Waals surface area contributed by atoms with Gasteiger partial charge in [-0.3, -0.25) is 4.79 Å². The average Bonchev–Trinajstić information content (AvgIpc) is 3.64. The first-order valence-corrected chi connectivity index (χ1v) is 20.2. The fraction of sp³-hybridized carbons (Fsp3) is 0.277. The molecule has 0 aliphatic heterocycles. The molecule has 0 unspecified atom stereocenters. The van der Waals surface area contributed by atoms with E-state index in [1.807, 2.05) is 134 Å². The molecular weight excluding hydrogens is 755 g/mol. The number of carboxylic acid groups (broad SMARTS) is 1. The Morgan fingerprint density at radius 3 is 1.83 bits per heavy atom. The Hall–Kier alpha value is -5.56. The third-order valence-corrected chi connectivity index (χ3v) is 10.4. The zero-order chi connectivity index (χ0) is 40.4. The van der Waals surface area contributed by atoms with Crippen LogP contribution in [-0.4, -0.2) is 88.1 Å². The quantitative estimate of drug-likeness (QED) is 0.0445. The lowest BCUT2D eigenvalue weighted by Gasteiger charge is -2.17. The molecule has 10 nitrogen and oxygen atoms in total. The Kier molecular flexibility index (Phi) is 16.2. The predicted octanol–water partition coefficient (Wildman–Crippen LogP) is 8.79. The lowest BCUT2D eigenvalue weighted by molar-refractivity contribution is -0.142. The second-order valence-electron chi connectivity index (χ2n) is 13.6. The van der Waals surface area contributed by atoms with Gasteiger partial charge in [-0.15, -0.1) is 11.3 Å². The summed E-state index contributed by atoms with van der Waals surface area (Å²) < 4.78 is 35.1. The molecule has 1 N–H and O–H groups in total. The van der Waals surface area contributed by atoms with Crippen LogP contribution in [0.2, 0.25) is 0 Å². The van der Waals surface area contributed by atoms with Gasteiger partial charge in [-0.25, -0.2) is 4.79 Å². The van der Waals surface area contributed by atoms with E-state index in [2.05, 4.69) is 4.90 Å². The highest BCUT2D eigenvalue weighted by Crippen LogP contribution is 2.42. The molecule has 11 heteroatoms.